The van der Waals surface area contributed by atoms with Crippen LogP contribution in [0.25, 0.3) is 0 Å². The quantitative estimate of drug-likeness (QED) is 0.0222. The summed E-state index contributed by atoms with van der Waals surface area (Å²) in [6.07, 6.45) is 41.8. The molecule has 528 valence electrons. The molecule has 0 aliphatic carbocycles. The number of aliphatic hydroxyl groups is 1. The van der Waals surface area contributed by atoms with Crippen molar-refractivity contribution in [3.05, 3.63) is 0 Å². The molecule has 0 aromatic carbocycles. The zero-order chi connectivity index (χ0) is 66.1. The van der Waals surface area contributed by atoms with Gasteiger partial charge in [0.05, 0.1) is 26.4 Å². The average molecular weight is 1310 g/mol. The summed E-state index contributed by atoms with van der Waals surface area (Å²) in [4.78, 5) is 72.5. The van der Waals surface area contributed by atoms with E-state index in [2.05, 4.69) is 55.4 Å². The lowest BCUT2D eigenvalue weighted by Gasteiger charge is -2.21. The third-order valence-electron chi connectivity index (χ3n) is 16.8. The average Bonchev–Trinajstić information content (AvgIpc) is 3.59. The highest BCUT2D eigenvalue weighted by molar-refractivity contribution is 7.47. The van der Waals surface area contributed by atoms with Crippen molar-refractivity contribution in [2.24, 2.45) is 23.7 Å². The van der Waals surface area contributed by atoms with Gasteiger partial charge in [0.1, 0.15) is 19.3 Å². The summed E-state index contributed by atoms with van der Waals surface area (Å²) in [5.41, 5.74) is 0. The van der Waals surface area contributed by atoms with Crippen LogP contribution in [0.1, 0.15) is 344 Å². The molecule has 19 heteroatoms. The van der Waals surface area contributed by atoms with Gasteiger partial charge in [-0.05, 0) is 49.4 Å². The summed E-state index contributed by atoms with van der Waals surface area (Å²) in [6, 6.07) is 0. The SMILES string of the molecule is CCC(C)CCCCCCCCCCC(=O)OC[C@H](COP(=O)(O)OCC(O)COP(=O)(O)OC[C@@H](COC(=O)CCCCCCCCCC(C)C)OC(=O)CCCCCCCCC(C)CC)OC(=O)CCCCCCCCCCCCCCCCC(C)C. The Balaban J connectivity index is 5.24. The number of carbonyl (C=O) groups excluding carboxylic acids is 4. The number of ether oxygens (including phenoxy) is 4. The summed E-state index contributed by atoms with van der Waals surface area (Å²) < 4.78 is 68.2. The van der Waals surface area contributed by atoms with Gasteiger partial charge in [-0.15, -0.1) is 0 Å². The van der Waals surface area contributed by atoms with E-state index in [9.17, 15) is 43.2 Å². The summed E-state index contributed by atoms with van der Waals surface area (Å²) >= 11 is 0. The molecule has 7 atom stereocenters. The van der Waals surface area contributed by atoms with Gasteiger partial charge in [0, 0.05) is 25.7 Å². The molecule has 0 saturated heterocycles. The largest absolute Gasteiger partial charge is 0.472 e. The first-order valence-electron chi connectivity index (χ1n) is 36.3. The van der Waals surface area contributed by atoms with Crippen LogP contribution in [0.15, 0.2) is 0 Å². The van der Waals surface area contributed by atoms with E-state index >= 15 is 0 Å². The highest BCUT2D eigenvalue weighted by Gasteiger charge is 2.30. The van der Waals surface area contributed by atoms with Gasteiger partial charge < -0.3 is 33.8 Å². The van der Waals surface area contributed by atoms with E-state index in [0.717, 1.165) is 114 Å². The zero-order valence-corrected chi connectivity index (χ0v) is 59.8. The minimum Gasteiger partial charge on any atom is -0.462 e. The monoisotopic (exact) mass is 1310 g/mol. The number of rotatable bonds is 67. The Morgan fingerprint density at radius 1 is 0.315 bits per heavy atom. The predicted octanol–water partition coefficient (Wildman–Crippen LogP) is 19.7. The van der Waals surface area contributed by atoms with E-state index in [-0.39, 0.29) is 25.7 Å². The minimum absolute atomic E-state index is 0.102. The molecule has 5 unspecified atom stereocenters. The van der Waals surface area contributed by atoms with E-state index in [1.54, 1.807) is 0 Å². The third kappa shape index (κ3) is 62.0. The van der Waals surface area contributed by atoms with Crippen molar-refractivity contribution in [1.82, 2.24) is 0 Å². The van der Waals surface area contributed by atoms with Crippen molar-refractivity contribution in [2.45, 2.75) is 363 Å². The van der Waals surface area contributed by atoms with Gasteiger partial charge in [-0.25, -0.2) is 9.13 Å². The molecule has 17 nitrogen and oxygen atoms in total. The second kappa shape index (κ2) is 59.8. The lowest BCUT2D eigenvalue weighted by molar-refractivity contribution is -0.161. The fraction of sp³-hybridized carbons (Fsp3) is 0.943. The maximum Gasteiger partial charge on any atom is 0.472 e. The third-order valence-corrected chi connectivity index (χ3v) is 18.7. The normalized spacial score (nSPS) is 14.9. The van der Waals surface area contributed by atoms with Crippen molar-refractivity contribution < 1.29 is 80.2 Å². The molecule has 3 N–H and O–H groups in total. The maximum absolute atomic E-state index is 13.0. The molecule has 0 spiro atoms. The summed E-state index contributed by atoms with van der Waals surface area (Å²) in [6.45, 7) is 14.1. The van der Waals surface area contributed by atoms with Crippen LogP contribution in [0.4, 0.5) is 0 Å². The Hall–Kier alpha value is -1.94. The van der Waals surface area contributed by atoms with Crippen molar-refractivity contribution >= 4 is 39.5 Å². The first kappa shape index (κ1) is 87.1. The van der Waals surface area contributed by atoms with Crippen molar-refractivity contribution in [2.75, 3.05) is 39.6 Å². The van der Waals surface area contributed by atoms with E-state index in [0.29, 0.717) is 31.6 Å². The van der Waals surface area contributed by atoms with Gasteiger partial charge in [-0.3, -0.25) is 37.3 Å². The van der Waals surface area contributed by atoms with Crippen LogP contribution in [0.2, 0.25) is 0 Å². The molecule has 0 saturated carbocycles. The lowest BCUT2D eigenvalue weighted by Crippen LogP contribution is -2.30. The van der Waals surface area contributed by atoms with Crippen LogP contribution in [-0.2, 0) is 65.4 Å². The summed E-state index contributed by atoms with van der Waals surface area (Å²) in [5.74, 6) is 0.865. The first-order chi connectivity index (χ1) is 42.7. The van der Waals surface area contributed by atoms with Crippen molar-refractivity contribution in [1.29, 1.82) is 0 Å². The second-order valence-corrected chi connectivity index (χ2v) is 29.6. The number of hydrogen-bond donors (Lipinski definition) is 3. The molecule has 0 amide bonds. The molecule has 89 heavy (non-hydrogen) atoms. The molecule has 0 fully saturated rings. The van der Waals surface area contributed by atoms with Gasteiger partial charge >= 0.3 is 39.5 Å². The van der Waals surface area contributed by atoms with Crippen LogP contribution in [0, 0.1) is 23.7 Å². The standard InChI is InChI=1S/C70H136O17P2/c1-9-62(7)48-40-32-24-19-20-25-34-42-50-67(72)80-56-65(86-69(74)52-44-36-26-18-16-14-12-11-13-15-17-22-30-38-46-60(3)4)58-84-88(76,77)82-54-64(71)55-83-89(78,79)85-59-66(87-70(75)53-45-37-29-28-33-41-49-63(8)10-2)57-81-68(73)51-43-35-27-21-23-31-39-47-61(5)6/h60-66,71H,9-59H2,1-8H3,(H,76,77)(H,78,79)/t62?,63?,64?,65-,66-/m1/s1. The van der Waals surface area contributed by atoms with E-state index in [4.69, 9.17) is 37.0 Å². The molecule has 0 aromatic rings. The zero-order valence-electron chi connectivity index (χ0n) is 58.1. The van der Waals surface area contributed by atoms with Crippen LogP contribution < -0.4 is 0 Å². The highest BCUT2D eigenvalue weighted by Crippen LogP contribution is 2.45. The Kier molecular flexibility index (Phi) is 58.5. The maximum atomic E-state index is 13.0. The van der Waals surface area contributed by atoms with Crippen molar-refractivity contribution in [3.63, 3.8) is 0 Å². The number of aliphatic hydroxyl groups excluding tert-OH is 1. The van der Waals surface area contributed by atoms with Gasteiger partial charge in [0.25, 0.3) is 0 Å². The molecule has 0 radical (unpaired) electrons. The molecule has 0 bridgehead atoms. The van der Waals surface area contributed by atoms with E-state index < -0.39 is 97.5 Å². The van der Waals surface area contributed by atoms with E-state index in [1.807, 2.05) is 0 Å². The lowest BCUT2D eigenvalue weighted by atomic mass is 9.99. The second-order valence-electron chi connectivity index (χ2n) is 26.7. The molecule has 0 rings (SSSR count). The first-order valence-corrected chi connectivity index (χ1v) is 39.3. The molecule has 0 heterocycles. The molecule has 0 aliphatic heterocycles. The number of unbranched alkanes of at least 4 members (excludes halogenated alkanes) is 31. The highest BCUT2D eigenvalue weighted by atomic mass is 31.2. The Morgan fingerprint density at radius 3 is 0.798 bits per heavy atom. The van der Waals surface area contributed by atoms with Gasteiger partial charge in [-0.1, -0.05) is 293 Å². The minimum atomic E-state index is -4.95. The Bertz CT molecular complexity index is 1770. The number of carbonyl (C=O) groups is 4. The number of esters is 4. The molecular weight excluding hydrogens is 1170 g/mol. The number of hydrogen-bond acceptors (Lipinski definition) is 15. The van der Waals surface area contributed by atoms with Crippen molar-refractivity contribution in [3.8, 4) is 0 Å². The predicted molar refractivity (Wildman–Crippen MR) is 358 cm³/mol. The summed E-state index contributed by atoms with van der Waals surface area (Å²) in [7, 11) is -9.90. The fourth-order valence-electron chi connectivity index (χ4n) is 10.4. The van der Waals surface area contributed by atoms with E-state index in [1.165, 1.54) is 141 Å². The summed E-state index contributed by atoms with van der Waals surface area (Å²) in [5, 5.41) is 10.6. The Labute approximate surface area is 543 Å². The number of phosphoric acid groups is 2. The molecule has 0 aliphatic rings. The molecule has 0 aromatic heterocycles. The fourth-order valence-corrected chi connectivity index (χ4v) is 12.0. The van der Waals surface area contributed by atoms with Crippen LogP contribution in [0.5, 0.6) is 0 Å². The molecular formula is C70H136O17P2. The van der Waals surface area contributed by atoms with Gasteiger partial charge in [-0.2, -0.15) is 0 Å². The topological polar surface area (TPSA) is 237 Å². The van der Waals surface area contributed by atoms with Gasteiger partial charge in [0.15, 0.2) is 12.2 Å². The Morgan fingerprint density at radius 2 is 0.539 bits per heavy atom. The van der Waals surface area contributed by atoms with Gasteiger partial charge in [0.2, 0.25) is 0 Å². The van der Waals surface area contributed by atoms with Crippen LogP contribution in [0.3, 0.4) is 0 Å². The van der Waals surface area contributed by atoms with Crippen LogP contribution in [-0.4, -0.2) is 96.7 Å². The number of phosphoric ester groups is 2. The smallest absolute Gasteiger partial charge is 0.462 e. The van der Waals surface area contributed by atoms with Crippen LogP contribution >= 0.6 is 15.6 Å².